The van der Waals surface area contributed by atoms with Crippen LogP contribution < -0.4 is 0 Å². The maximum Gasteiger partial charge on any atom is 0.436 e. The van der Waals surface area contributed by atoms with Gasteiger partial charge in [0, 0.05) is 12.1 Å². The van der Waals surface area contributed by atoms with Crippen LogP contribution >= 0.6 is 0 Å². The zero-order chi connectivity index (χ0) is 14.5. The molecule has 0 spiro atoms. The van der Waals surface area contributed by atoms with E-state index in [1.165, 1.54) is 0 Å². The maximum absolute atomic E-state index is 12.0. The molecule has 0 aliphatic rings. The van der Waals surface area contributed by atoms with Gasteiger partial charge in [-0.2, -0.15) is 0 Å². The molecule has 4 heteroatoms. The Hall–Kier alpha value is -1.06. The summed E-state index contributed by atoms with van der Waals surface area (Å²) in [6.07, 6.45) is -0.376. The molecule has 0 rings (SSSR count). The first kappa shape index (κ1) is 16.9. The fraction of sp³-hybridized carbons (Fsp3) is 0.857. The summed E-state index contributed by atoms with van der Waals surface area (Å²) in [5.41, 5.74) is 0.913. The SMILES string of the molecule is CC(C)C(=NOC(=O)N(C(C)C)C(C)C)C(C)C. The summed E-state index contributed by atoms with van der Waals surface area (Å²) in [4.78, 5) is 18.7. The molecule has 0 fully saturated rings. The lowest BCUT2D eigenvalue weighted by Gasteiger charge is -2.28. The second kappa shape index (κ2) is 7.39. The van der Waals surface area contributed by atoms with Gasteiger partial charge in [-0.25, -0.2) is 4.79 Å². The molecule has 0 atom stereocenters. The van der Waals surface area contributed by atoms with E-state index in [9.17, 15) is 4.79 Å². The number of amides is 1. The average molecular weight is 256 g/mol. The fourth-order valence-electron chi connectivity index (χ4n) is 2.03. The van der Waals surface area contributed by atoms with Crippen molar-refractivity contribution < 1.29 is 9.63 Å². The number of carbonyl (C=O) groups excluding carboxylic acids is 1. The van der Waals surface area contributed by atoms with Gasteiger partial charge in [-0.3, -0.25) is 4.84 Å². The standard InChI is InChI=1S/C14H28N2O2/c1-9(2)13(10(3)4)15-18-14(17)16(11(5)6)12(7)8/h9-12H,1-8H3. The van der Waals surface area contributed by atoms with E-state index >= 15 is 0 Å². The molecule has 0 bridgehead atoms. The molecule has 0 heterocycles. The zero-order valence-electron chi connectivity index (χ0n) is 13.0. The predicted octanol–water partition coefficient (Wildman–Crippen LogP) is 3.91. The van der Waals surface area contributed by atoms with Crippen molar-refractivity contribution in [2.24, 2.45) is 17.0 Å². The highest BCUT2D eigenvalue weighted by molar-refractivity contribution is 5.88. The van der Waals surface area contributed by atoms with Crippen LogP contribution in [-0.2, 0) is 4.84 Å². The summed E-state index contributed by atoms with van der Waals surface area (Å²) >= 11 is 0. The van der Waals surface area contributed by atoms with Gasteiger partial charge >= 0.3 is 6.09 Å². The van der Waals surface area contributed by atoms with Crippen LogP contribution in [0.25, 0.3) is 0 Å². The van der Waals surface area contributed by atoms with E-state index in [0.29, 0.717) is 0 Å². The molecule has 0 N–H and O–H groups in total. The Morgan fingerprint density at radius 3 is 1.56 bits per heavy atom. The first-order valence-electron chi connectivity index (χ1n) is 6.75. The summed E-state index contributed by atoms with van der Waals surface area (Å²) in [5.74, 6) is 0.564. The smallest absolute Gasteiger partial charge is 0.301 e. The first-order chi connectivity index (χ1) is 8.18. The van der Waals surface area contributed by atoms with Crippen molar-refractivity contribution in [1.29, 1.82) is 0 Å². The van der Waals surface area contributed by atoms with Crippen molar-refractivity contribution in [3.8, 4) is 0 Å². The number of hydrogen-bond acceptors (Lipinski definition) is 3. The minimum Gasteiger partial charge on any atom is -0.301 e. The number of hydrogen-bond donors (Lipinski definition) is 0. The Kier molecular flexibility index (Phi) is 6.96. The van der Waals surface area contributed by atoms with Gasteiger partial charge in [0.15, 0.2) is 0 Å². The number of carbonyl (C=O) groups is 1. The molecule has 106 valence electrons. The molecule has 0 aromatic heterocycles. The van der Waals surface area contributed by atoms with Crippen molar-refractivity contribution in [2.45, 2.75) is 67.5 Å². The van der Waals surface area contributed by atoms with Gasteiger partial charge in [0.25, 0.3) is 0 Å². The van der Waals surface area contributed by atoms with Crippen LogP contribution in [0.1, 0.15) is 55.4 Å². The van der Waals surface area contributed by atoms with Crippen molar-refractivity contribution in [3.05, 3.63) is 0 Å². The van der Waals surface area contributed by atoms with Gasteiger partial charge in [-0.15, -0.1) is 0 Å². The van der Waals surface area contributed by atoms with Gasteiger partial charge in [0.1, 0.15) is 0 Å². The Bertz CT molecular complexity index is 276. The quantitative estimate of drug-likeness (QED) is 0.425. The van der Waals surface area contributed by atoms with Gasteiger partial charge in [0.2, 0.25) is 0 Å². The molecule has 0 unspecified atom stereocenters. The van der Waals surface area contributed by atoms with E-state index < -0.39 is 0 Å². The van der Waals surface area contributed by atoms with E-state index in [-0.39, 0.29) is 30.0 Å². The molecule has 0 aromatic rings. The van der Waals surface area contributed by atoms with Gasteiger partial charge < -0.3 is 4.90 Å². The molecule has 0 aromatic carbocycles. The Labute approximate surface area is 111 Å². The highest BCUT2D eigenvalue weighted by Gasteiger charge is 2.22. The molecule has 4 nitrogen and oxygen atoms in total. The van der Waals surface area contributed by atoms with E-state index in [1.807, 2.05) is 27.7 Å². The minimum atomic E-state index is -0.376. The van der Waals surface area contributed by atoms with Crippen LogP contribution in [0, 0.1) is 11.8 Å². The van der Waals surface area contributed by atoms with Crippen LogP contribution in [0.5, 0.6) is 0 Å². The fourth-order valence-corrected chi connectivity index (χ4v) is 2.03. The Morgan fingerprint density at radius 1 is 0.889 bits per heavy atom. The number of oxime groups is 1. The molecule has 0 aliphatic heterocycles. The Balaban J connectivity index is 4.78. The first-order valence-corrected chi connectivity index (χ1v) is 6.75. The van der Waals surface area contributed by atoms with E-state index in [4.69, 9.17) is 4.84 Å². The Morgan fingerprint density at radius 2 is 1.28 bits per heavy atom. The van der Waals surface area contributed by atoms with Crippen LogP contribution in [0.15, 0.2) is 5.16 Å². The second-order valence-corrected chi connectivity index (χ2v) is 5.78. The lowest BCUT2D eigenvalue weighted by molar-refractivity contribution is 0.0808. The zero-order valence-corrected chi connectivity index (χ0v) is 13.0. The summed E-state index contributed by atoms with van der Waals surface area (Å²) in [5, 5.41) is 4.03. The molecule has 0 aliphatic carbocycles. The van der Waals surface area contributed by atoms with Crippen LogP contribution in [0.2, 0.25) is 0 Å². The van der Waals surface area contributed by atoms with Crippen molar-refractivity contribution in [1.82, 2.24) is 4.90 Å². The average Bonchev–Trinajstić information content (AvgIpc) is 2.14. The van der Waals surface area contributed by atoms with Crippen LogP contribution in [0.4, 0.5) is 4.79 Å². The predicted molar refractivity (Wildman–Crippen MR) is 75.7 cm³/mol. The van der Waals surface area contributed by atoms with Crippen molar-refractivity contribution >= 4 is 11.8 Å². The largest absolute Gasteiger partial charge is 0.436 e. The van der Waals surface area contributed by atoms with E-state index in [2.05, 4.69) is 32.9 Å². The number of rotatable bonds is 5. The second-order valence-electron chi connectivity index (χ2n) is 5.78. The van der Waals surface area contributed by atoms with Gasteiger partial charge in [0.05, 0.1) is 5.71 Å². The molecule has 1 amide bonds. The van der Waals surface area contributed by atoms with Gasteiger partial charge in [-0.1, -0.05) is 32.9 Å². The monoisotopic (exact) mass is 256 g/mol. The molecule has 0 saturated heterocycles. The maximum atomic E-state index is 12.0. The van der Waals surface area contributed by atoms with Gasteiger partial charge in [-0.05, 0) is 39.5 Å². The molecular formula is C14H28N2O2. The summed E-state index contributed by atoms with van der Waals surface area (Å²) in [6.45, 7) is 16.1. The molecular weight excluding hydrogens is 228 g/mol. The topological polar surface area (TPSA) is 41.9 Å². The lowest BCUT2D eigenvalue weighted by atomic mass is 9.98. The highest BCUT2D eigenvalue weighted by atomic mass is 16.7. The van der Waals surface area contributed by atoms with Crippen LogP contribution in [0.3, 0.4) is 0 Å². The lowest BCUT2D eigenvalue weighted by Crippen LogP contribution is -2.42. The van der Waals surface area contributed by atoms with Crippen molar-refractivity contribution in [3.63, 3.8) is 0 Å². The third kappa shape index (κ3) is 5.07. The van der Waals surface area contributed by atoms with E-state index in [1.54, 1.807) is 4.90 Å². The third-order valence-corrected chi connectivity index (χ3v) is 2.74. The summed E-state index contributed by atoms with van der Waals surface area (Å²) in [6, 6.07) is 0.212. The summed E-state index contributed by atoms with van der Waals surface area (Å²) < 4.78 is 0. The summed E-state index contributed by atoms with van der Waals surface area (Å²) in [7, 11) is 0. The van der Waals surface area contributed by atoms with Crippen molar-refractivity contribution in [2.75, 3.05) is 0 Å². The number of nitrogens with zero attached hydrogens (tertiary/aromatic N) is 2. The molecule has 0 saturated carbocycles. The van der Waals surface area contributed by atoms with E-state index in [0.717, 1.165) is 5.71 Å². The third-order valence-electron chi connectivity index (χ3n) is 2.74. The molecule has 18 heavy (non-hydrogen) atoms. The van der Waals surface area contributed by atoms with Crippen LogP contribution in [-0.4, -0.2) is 28.8 Å². The molecule has 0 radical (unpaired) electrons. The minimum absolute atomic E-state index is 0.106. The normalized spacial score (nSPS) is 11.3. The highest BCUT2D eigenvalue weighted by Crippen LogP contribution is 2.11.